The molecule has 0 unspecified atom stereocenters. The van der Waals surface area contributed by atoms with Crippen LogP contribution in [0.5, 0.6) is 0 Å². The molecule has 108 valence electrons. The van der Waals surface area contributed by atoms with E-state index < -0.39 is 17.5 Å². The van der Waals surface area contributed by atoms with Crippen molar-refractivity contribution in [3.8, 4) is 6.07 Å². The number of ketones is 2. The largest absolute Gasteiger partial charge is 0.465 e. The number of carbonyl (C=O) groups is 3. The molecule has 0 aliphatic rings. The smallest absolute Gasteiger partial charge is 0.337 e. The zero-order valence-electron chi connectivity index (χ0n) is 11.7. The van der Waals surface area contributed by atoms with Crippen LogP contribution in [0.25, 0.3) is 0 Å². The zero-order chi connectivity index (χ0) is 16.1. The minimum absolute atomic E-state index is 0.182. The van der Waals surface area contributed by atoms with Gasteiger partial charge in [0.1, 0.15) is 0 Å². The third-order valence-electron chi connectivity index (χ3n) is 3.05. The highest BCUT2D eigenvalue weighted by atomic mass is 16.5. The Morgan fingerprint density at radius 2 is 1.23 bits per heavy atom. The van der Waals surface area contributed by atoms with Crippen LogP contribution in [0.15, 0.2) is 48.5 Å². The summed E-state index contributed by atoms with van der Waals surface area (Å²) in [4.78, 5) is 35.5. The third-order valence-corrected chi connectivity index (χ3v) is 3.05. The Morgan fingerprint density at radius 1 is 0.818 bits per heavy atom. The maximum absolute atomic E-state index is 12.1. The van der Waals surface area contributed by atoms with E-state index in [0.29, 0.717) is 11.1 Å². The molecule has 0 spiro atoms. The van der Waals surface area contributed by atoms with E-state index >= 15 is 0 Å². The number of esters is 1. The van der Waals surface area contributed by atoms with Crippen molar-refractivity contribution in [2.75, 3.05) is 7.11 Å². The van der Waals surface area contributed by atoms with Crippen LogP contribution in [0.1, 0.15) is 36.6 Å². The van der Waals surface area contributed by atoms with Crippen LogP contribution in [-0.2, 0) is 4.74 Å². The third kappa shape index (κ3) is 3.07. The molecule has 2 aromatic rings. The summed E-state index contributed by atoms with van der Waals surface area (Å²) in [6.07, 6.45) is 0. The average Bonchev–Trinajstić information content (AvgIpc) is 2.60. The van der Waals surface area contributed by atoms with Crippen molar-refractivity contribution in [3.05, 3.63) is 70.8 Å². The predicted molar refractivity (Wildman–Crippen MR) is 77.6 cm³/mol. The molecule has 0 saturated carbocycles. The summed E-state index contributed by atoms with van der Waals surface area (Å²) in [5.74, 6) is -1.87. The van der Waals surface area contributed by atoms with Crippen LogP contribution in [0.4, 0.5) is 0 Å². The number of carbonyl (C=O) groups excluding carboxylic acids is 3. The minimum Gasteiger partial charge on any atom is -0.465 e. The Balaban J connectivity index is 2.21. The first-order valence-corrected chi connectivity index (χ1v) is 6.34. The Labute approximate surface area is 126 Å². The standard InChI is InChI=1S/C17H11NO4/c1-22-17(21)14-8-6-13(7-9-14)16(20)15(19)12-4-2-11(10-18)3-5-12/h2-9H,1H3. The second kappa shape index (κ2) is 6.46. The van der Waals surface area contributed by atoms with E-state index in [4.69, 9.17) is 5.26 Å². The van der Waals surface area contributed by atoms with Crippen molar-refractivity contribution >= 4 is 17.5 Å². The van der Waals surface area contributed by atoms with Gasteiger partial charge in [-0.05, 0) is 36.4 Å². The molecule has 0 aliphatic heterocycles. The monoisotopic (exact) mass is 293 g/mol. The van der Waals surface area contributed by atoms with Gasteiger partial charge in [0.2, 0.25) is 11.6 Å². The van der Waals surface area contributed by atoms with Gasteiger partial charge in [-0.1, -0.05) is 12.1 Å². The fraction of sp³-hybridized carbons (Fsp3) is 0.0588. The van der Waals surface area contributed by atoms with Gasteiger partial charge in [-0.3, -0.25) is 9.59 Å². The lowest BCUT2D eigenvalue weighted by Gasteiger charge is -2.03. The second-order valence-corrected chi connectivity index (χ2v) is 4.42. The average molecular weight is 293 g/mol. The Bertz CT molecular complexity index is 768. The fourth-order valence-electron chi connectivity index (χ4n) is 1.83. The maximum Gasteiger partial charge on any atom is 0.337 e. The van der Waals surface area contributed by atoms with Gasteiger partial charge in [-0.25, -0.2) is 4.79 Å². The van der Waals surface area contributed by atoms with Gasteiger partial charge >= 0.3 is 5.97 Å². The van der Waals surface area contributed by atoms with Crippen LogP contribution in [-0.4, -0.2) is 24.6 Å². The zero-order valence-corrected chi connectivity index (χ0v) is 11.7. The quantitative estimate of drug-likeness (QED) is 0.491. The van der Waals surface area contributed by atoms with Crippen LogP contribution < -0.4 is 0 Å². The van der Waals surface area contributed by atoms with Gasteiger partial charge in [-0.2, -0.15) is 5.26 Å². The SMILES string of the molecule is COC(=O)c1ccc(C(=O)C(=O)c2ccc(C#N)cc2)cc1. The van der Waals surface area contributed by atoms with Crippen LogP contribution in [0, 0.1) is 11.3 Å². The molecule has 0 aromatic heterocycles. The molecule has 5 nitrogen and oxygen atoms in total. The molecule has 0 atom stereocenters. The number of methoxy groups -OCH3 is 1. The molecule has 0 bridgehead atoms. The minimum atomic E-state index is -0.680. The lowest BCUT2D eigenvalue weighted by molar-refractivity contribution is 0.0600. The van der Waals surface area contributed by atoms with Crippen molar-refractivity contribution in [2.24, 2.45) is 0 Å². The van der Waals surface area contributed by atoms with Crippen molar-refractivity contribution in [1.29, 1.82) is 5.26 Å². The van der Waals surface area contributed by atoms with Gasteiger partial charge < -0.3 is 4.74 Å². The number of Topliss-reactive ketones (excluding diaryl/α,β-unsaturated/α-hetero) is 2. The van der Waals surface area contributed by atoms with Crippen LogP contribution in [0.3, 0.4) is 0 Å². The molecule has 0 fully saturated rings. The summed E-state index contributed by atoms with van der Waals surface area (Å²) in [5, 5.41) is 8.71. The van der Waals surface area contributed by atoms with E-state index in [2.05, 4.69) is 4.74 Å². The number of benzene rings is 2. The Morgan fingerprint density at radius 3 is 1.64 bits per heavy atom. The fourth-order valence-corrected chi connectivity index (χ4v) is 1.83. The molecule has 0 aliphatic carbocycles. The summed E-state index contributed by atoms with van der Waals surface area (Å²) in [5.41, 5.74) is 1.10. The van der Waals surface area contributed by atoms with E-state index in [1.165, 1.54) is 55.6 Å². The predicted octanol–water partition coefficient (Wildman–Crippen LogP) is 2.41. The highest BCUT2D eigenvalue weighted by molar-refractivity contribution is 6.49. The van der Waals surface area contributed by atoms with Crippen molar-refractivity contribution in [3.63, 3.8) is 0 Å². The second-order valence-electron chi connectivity index (χ2n) is 4.42. The normalized spacial score (nSPS) is 9.64. The van der Waals surface area contributed by atoms with Gasteiger partial charge in [0.05, 0.1) is 24.3 Å². The van der Waals surface area contributed by atoms with Crippen molar-refractivity contribution in [1.82, 2.24) is 0 Å². The molecule has 0 saturated heterocycles. The highest BCUT2D eigenvalue weighted by Gasteiger charge is 2.18. The van der Waals surface area contributed by atoms with Gasteiger partial charge in [0.25, 0.3) is 0 Å². The Hall–Kier alpha value is -3.26. The van der Waals surface area contributed by atoms with Crippen molar-refractivity contribution in [2.45, 2.75) is 0 Å². The topological polar surface area (TPSA) is 84.2 Å². The molecular formula is C17H11NO4. The van der Waals surface area contributed by atoms with Gasteiger partial charge in [-0.15, -0.1) is 0 Å². The van der Waals surface area contributed by atoms with Crippen LogP contribution >= 0.6 is 0 Å². The summed E-state index contributed by atoms with van der Waals surface area (Å²) in [6, 6.07) is 13.4. The summed E-state index contributed by atoms with van der Waals surface area (Å²) in [7, 11) is 1.26. The van der Waals surface area contributed by atoms with E-state index in [-0.39, 0.29) is 11.1 Å². The number of ether oxygens (including phenoxy) is 1. The molecule has 2 rings (SSSR count). The first-order valence-electron chi connectivity index (χ1n) is 6.34. The molecule has 2 aromatic carbocycles. The number of nitrogens with zero attached hydrogens (tertiary/aromatic N) is 1. The van der Waals surface area contributed by atoms with Crippen molar-refractivity contribution < 1.29 is 19.1 Å². The molecule has 22 heavy (non-hydrogen) atoms. The molecule has 0 radical (unpaired) electrons. The van der Waals surface area contributed by atoms with Gasteiger partial charge in [0, 0.05) is 11.1 Å². The molecule has 0 heterocycles. The first-order chi connectivity index (χ1) is 10.6. The van der Waals surface area contributed by atoms with Gasteiger partial charge in [0.15, 0.2) is 0 Å². The summed E-state index contributed by atoms with van der Waals surface area (Å²) < 4.78 is 4.56. The number of hydrogen-bond acceptors (Lipinski definition) is 5. The summed E-state index contributed by atoms with van der Waals surface area (Å²) >= 11 is 0. The number of nitriles is 1. The lowest BCUT2D eigenvalue weighted by Crippen LogP contribution is -2.14. The Kier molecular flexibility index (Phi) is 4.44. The molecular weight excluding hydrogens is 282 g/mol. The number of hydrogen-bond donors (Lipinski definition) is 0. The molecule has 0 amide bonds. The van der Waals surface area contributed by atoms with E-state index in [1.54, 1.807) is 0 Å². The molecule has 0 N–H and O–H groups in total. The van der Waals surface area contributed by atoms with E-state index in [1.807, 2.05) is 6.07 Å². The van der Waals surface area contributed by atoms with E-state index in [9.17, 15) is 14.4 Å². The molecule has 5 heteroatoms. The van der Waals surface area contributed by atoms with Crippen LogP contribution in [0.2, 0.25) is 0 Å². The number of rotatable bonds is 4. The summed E-state index contributed by atoms with van der Waals surface area (Å²) in [6.45, 7) is 0. The lowest BCUT2D eigenvalue weighted by atomic mass is 10.00. The van der Waals surface area contributed by atoms with E-state index in [0.717, 1.165) is 0 Å². The highest BCUT2D eigenvalue weighted by Crippen LogP contribution is 2.11. The first kappa shape index (κ1) is 15.1. The maximum atomic E-state index is 12.1.